The van der Waals surface area contributed by atoms with Crippen LogP contribution in [-0.2, 0) is 0 Å². The summed E-state index contributed by atoms with van der Waals surface area (Å²) in [6.07, 6.45) is 0. The minimum atomic E-state index is -0.235. The van der Waals surface area contributed by atoms with Crippen molar-refractivity contribution >= 4 is 16.9 Å². The molecule has 0 fully saturated rings. The number of ether oxygens (including phenoxy) is 1. The van der Waals surface area contributed by atoms with E-state index in [9.17, 15) is 4.79 Å². The summed E-state index contributed by atoms with van der Waals surface area (Å²) in [6, 6.07) is 17.0. The van der Waals surface area contributed by atoms with Crippen molar-refractivity contribution in [3.05, 3.63) is 65.9 Å². The van der Waals surface area contributed by atoms with Crippen molar-refractivity contribution in [2.24, 2.45) is 0 Å². The van der Waals surface area contributed by atoms with Crippen molar-refractivity contribution in [2.75, 3.05) is 6.61 Å². The first-order valence-electron chi connectivity index (χ1n) is 7.61. The van der Waals surface area contributed by atoms with E-state index in [1.165, 1.54) is 5.56 Å². The molecule has 1 heterocycles. The zero-order valence-corrected chi connectivity index (χ0v) is 13.2. The van der Waals surface area contributed by atoms with Crippen LogP contribution >= 0.6 is 0 Å². The standard InChI is InChI=1S/C19H19NO3/c1-13-7-9-16(10-8-13)22-12-14(2)20-19(21)18-11-15-5-3-4-6-17(15)23-18/h3-11,14H,12H2,1-2H3,(H,20,21)/t14-/m0/s1. The number of amides is 1. The van der Waals surface area contributed by atoms with Crippen LogP contribution in [0.3, 0.4) is 0 Å². The van der Waals surface area contributed by atoms with E-state index in [-0.39, 0.29) is 11.9 Å². The Bertz CT molecular complexity index is 772. The highest BCUT2D eigenvalue weighted by Gasteiger charge is 2.14. The van der Waals surface area contributed by atoms with Crippen LogP contribution in [0, 0.1) is 6.92 Å². The number of carbonyl (C=O) groups excluding carboxylic acids is 1. The van der Waals surface area contributed by atoms with Gasteiger partial charge in [0, 0.05) is 5.39 Å². The maximum atomic E-state index is 12.2. The lowest BCUT2D eigenvalue weighted by molar-refractivity contribution is 0.0901. The summed E-state index contributed by atoms with van der Waals surface area (Å²) in [5.41, 5.74) is 1.89. The normalized spacial score (nSPS) is 12.1. The highest BCUT2D eigenvalue weighted by molar-refractivity contribution is 5.96. The van der Waals surface area contributed by atoms with Crippen LogP contribution in [-0.4, -0.2) is 18.6 Å². The summed E-state index contributed by atoms with van der Waals surface area (Å²) < 4.78 is 11.2. The Balaban J connectivity index is 1.57. The molecule has 0 bridgehead atoms. The van der Waals surface area contributed by atoms with E-state index in [1.54, 1.807) is 6.07 Å². The summed E-state index contributed by atoms with van der Waals surface area (Å²) in [4.78, 5) is 12.2. The highest BCUT2D eigenvalue weighted by atomic mass is 16.5. The highest BCUT2D eigenvalue weighted by Crippen LogP contribution is 2.18. The number of para-hydroxylation sites is 1. The fourth-order valence-corrected chi connectivity index (χ4v) is 2.29. The molecule has 0 saturated heterocycles. The van der Waals surface area contributed by atoms with Gasteiger partial charge in [0.25, 0.3) is 5.91 Å². The molecule has 1 N–H and O–H groups in total. The summed E-state index contributed by atoms with van der Waals surface area (Å²) >= 11 is 0. The van der Waals surface area contributed by atoms with Gasteiger partial charge in [0.2, 0.25) is 0 Å². The van der Waals surface area contributed by atoms with E-state index in [0.717, 1.165) is 11.1 Å². The monoisotopic (exact) mass is 309 g/mol. The Morgan fingerprint density at radius 1 is 1.17 bits per heavy atom. The van der Waals surface area contributed by atoms with E-state index >= 15 is 0 Å². The number of hydrogen-bond donors (Lipinski definition) is 1. The molecule has 0 saturated carbocycles. The number of rotatable bonds is 5. The second-order valence-electron chi connectivity index (χ2n) is 5.65. The molecule has 1 aromatic heterocycles. The maximum absolute atomic E-state index is 12.2. The lowest BCUT2D eigenvalue weighted by atomic mass is 10.2. The van der Waals surface area contributed by atoms with Crippen molar-refractivity contribution in [2.45, 2.75) is 19.9 Å². The molecule has 1 amide bonds. The number of carbonyl (C=O) groups is 1. The van der Waals surface area contributed by atoms with Gasteiger partial charge in [-0.05, 0) is 38.1 Å². The average molecular weight is 309 g/mol. The lowest BCUT2D eigenvalue weighted by Crippen LogP contribution is -2.36. The third kappa shape index (κ3) is 3.72. The largest absolute Gasteiger partial charge is 0.491 e. The molecule has 23 heavy (non-hydrogen) atoms. The van der Waals surface area contributed by atoms with Gasteiger partial charge in [-0.15, -0.1) is 0 Å². The number of fused-ring (bicyclic) bond motifs is 1. The molecular formula is C19H19NO3. The second kappa shape index (κ2) is 6.57. The van der Waals surface area contributed by atoms with Gasteiger partial charge in [0.15, 0.2) is 5.76 Å². The van der Waals surface area contributed by atoms with Gasteiger partial charge in [-0.1, -0.05) is 35.9 Å². The van der Waals surface area contributed by atoms with Gasteiger partial charge in [0.05, 0.1) is 6.04 Å². The Kier molecular flexibility index (Phi) is 4.33. The molecule has 0 aliphatic carbocycles. The first-order valence-corrected chi connectivity index (χ1v) is 7.61. The minimum absolute atomic E-state index is 0.128. The Labute approximate surface area is 135 Å². The van der Waals surface area contributed by atoms with E-state index in [1.807, 2.05) is 62.4 Å². The van der Waals surface area contributed by atoms with Crippen molar-refractivity contribution < 1.29 is 13.9 Å². The first kappa shape index (κ1) is 15.2. The number of aryl methyl sites for hydroxylation is 1. The van der Waals surface area contributed by atoms with Gasteiger partial charge in [-0.2, -0.15) is 0 Å². The molecule has 1 atom stereocenters. The van der Waals surface area contributed by atoms with E-state index in [2.05, 4.69) is 5.32 Å². The Morgan fingerprint density at radius 2 is 1.91 bits per heavy atom. The minimum Gasteiger partial charge on any atom is -0.491 e. The van der Waals surface area contributed by atoms with Crippen LogP contribution in [0.4, 0.5) is 0 Å². The van der Waals surface area contributed by atoms with Crippen LogP contribution in [0.5, 0.6) is 5.75 Å². The van der Waals surface area contributed by atoms with E-state index in [4.69, 9.17) is 9.15 Å². The second-order valence-corrected chi connectivity index (χ2v) is 5.65. The molecule has 0 aliphatic rings. The number of furan rings is 1. The molecule has 2 aromatic carbocycles. The third-order valence-corrected chi connectivity index (χ3v) is 3.55. The molecule has 118 valence electrons. The zero-order valence-electron chi connectivity index (χ0n) is 13.2. The van der Waals surface area contributed by atoms with Crippen LogP contribution in [0.15, 0.2) is 59.0 Å². The van der Waals surface area contributed by atoms with Gasteiger partial charge < -0.3 is 14.5 Å². The molecular weight excluding hydrogens is 290 g/mol. The smallest absolute Gasteiger partial charge is 0.287 e. The molecule has 0 aliphatic heterocycles. The van der Waals surface area contributed by atoms with Gasteiger partial charge in [0.1, 0.15) is 17.9 Å². The van der Waals surface area contributed by atoms with Crippen molar-refractivity contribution in [1.29, 1.82) is 0 Å². The molecule has 0 spiro atoms. The number of nitrogens with one attached hydrogen (secondary N) is 1. The predicted molar refractivity (Wildman–Crippen MR) is 89.8 cm³/mol. The van der Waals surface area contributed by atoms with Crippen LogP contribution in [0.25, 0.3) is 11.0 Å². The van der Waals surface area contributed by atoms with Gasteiger partial charge in [-0.25, -0.2) is 0 Å². The molecule has 3 rings (SSSR count). The molecule has 0 radical (unpaired) electrons. The van der Waals surface area contributed by atoms with Crippen molar-refractivity contribution in [1.82, 2.24) is 5.32 Å². The van der Waals surface area contributed by atoms with Crippen molar-refractivity contribution in [3.63, 3.8) is 0 Å². The number of benzene rings is 2. The molecule has 4 heteroatoms. The SMILES string of the molecule is Cc1ccc(OC[C@H](C)NC(=O)c2cc3ccccc3o2)cc1. The quantitative estimate of drug-likeness (QED) is 0.776. The predicted octanol–water partition coefficient (Wildman–Crippen LogP) is 3.94. The Hall–Kier alpha value is -2.75. The summed E-state index contributed by atoms with van der Waals surface area (Å²) in [7, 11) is 0. The summed E-state index contributed by atoms with van der Waals surface area (Å²) in [5.74, 6) is 0.870. The lowest BCUT2D eigenvalue weighted by Gasteiger charge is -2.14. The van der Waals surface area contributed by atoms with Crippen LogP contribution < -0.4 is 10.1 Å². The van der Waals surface area contributed by atoms with Gasteiger partial charge in [-0.3, -0.25) is 4.79 Å². The zero-order chi connectivity index (χ0) is 16.2. The molecule has 3 aromatic rings. The fraction of sp³-hybridized carbons (Fsp3) is 0.211. The van der Waals surface area contributed by atoms with Crippen LogP contribution in [0.2, 0.25) is 0 Å². The van der Waals surface area contributed by atoms with E-state index in [0.29, 0.717) is 18.0 Å². The first-order chi connectivity index (χ1) is 11.1. The summed E-state index contributed by atoms with van der Waals surface area (Å²) in [5, 5.41) is 3.80. The third-order valence-electron chi connectivity index (χ3n) is 3.55. The molecule has 0 unspecified atom stereocenters. The average Bonchev–Trinajstić information content (AvgIpc) is 2.98. The van der Waals surface area contributed by atoms with Crippen LogP contribution in [0.1, 0.15) is 23.0 Å². The topological polar surface area (TPSA) is 51.5 Å². The van der Waals surface area contributed by atoms with Gasteiger partial charge >= 0.3 is 0 Å². The maximum Gasteiger partial charge on any atom is 0.287 e. The Morgan fingerprint density at radius 3 is 2.65 bits per heavy atom. The fourth-order valence-electron chi connectivity index (χ4n) is 2.29. The van der Waals surface area contributed by atoms with E-state index < -0.39 is 0 Å². The summed E-state index contributed by atoms with van der Waals surface area (Å²) in [6.45, 7) is 4.32. The molecule has 4 nitrogen and oxygen atoms in total. The number of hydrogen-bond acceptors (Lipinski definition) is 3. The van der Waals surface area contributed by atoms with Crippen molar-refractivity contribution in [3.8, 4) is 5.75 Å².